The maximum atomic E-state index is 4.50. The summed E-state index contributed by atoms with van der Waals surface area (Å²) in [5.74, 6) is 1.58. The largest absolute Gasteiger partial charge is 0.363 e. The summed E-state index contributed by atoms with van der Waals surface area (Å²) in [6, 6.07) is 12.4. The number of benzene rings is 1. The van der Waals surface area contributed by atoms with Gasteiger partial charge in [0, 0.05) is 25.9 Å². The van der Waals surface area contributed by atoms with Gasteiger partial charge < -0.3 is 10.2 Å². The van der Waals surface area contributed by atoms with Crippen molar-refractivity contribution in [1.29, 1.82) is 0 Å². The third-order valence-electron chi connectivity index (χ3n) is 2.94. The normalized spacial score (nSPS) is 12.0. The summed E-state index contributed by atoms with van der Waals surface area (Å²) in [4.78, 5) is 10.9. The molecule has 2 aromatic rings. The molecule has 0 fully saturated rings. The molecular formula is C15H20N4. The number of nitrogens with one attached hydrogen (secondary N) is 1. The predicted molar refractivity (Wildman–Crippen MR) is 79.6 cm³/mol. The number of rotatable bonds is 4. The fourth-order valence-corrected chi connectivity index (χ4v) is 1.86. The van der Waals surface area contributed by atoms with Gasteiger partial charge >= 0.3 is 0 Å². The molecule has 0 aliphatic rings. The van der Waals surface area contributed by atoms with Gasteiger partial charge in [0.25, 0.3) is 0 Å². The Kier molecular flexibility index (Phi) is 4.00. The molecule has 0 aliphatic carbocycles. The van der Waals surface area contributed by atoms with Gasteiger partial charge in [-0.3, -0.25) is 0 Å². The molecule has 2 rings (SSSR count). The van der Waals surface area contributed by atoms with E-state index in [1.165, 1.54) is 5.56 Å². The fourth-order valence-electron chi connectivity index (χ4n) is 1.86. The van der Waals surface area contributed by atoms with Crippen LogP contribution in [0.4, 0.5) is 11.8 Å². The third-order valence-corrected chi connectivity index (χ3v) is 2.94. The second-order valence-corrected chi connectivity index (χ2v) is 4.86. The standard InChI is InChI=1S/C15H20N4/c1-11-10-14(19(3)4)18-15(16-11)17-12(2)13-8-6-5-7-9-13/h5-10,12H,1-4H3,(H,16,17,18)/t12-/m1/s1. The van der Waals surface area contributed by atoms with E-state index in [4.69, 9.17) is 0 Å². The van der Waals surface area contributed by atoms with Gasteiger partial charge in [0.2, 0.25) is 5.95 Å². The van der Waals surface area contributed by atoms with Gasteiger partial charge in [0.1, 0.15) is 5.82 Å². The van der Waals surface area contributed by atoms with Crippen LogP contribution in [0.3, 0.4) is 0 Å². The highest BCUT2D eigenvalue weighted by atomic mass is 15.2. The average Bonchev–Trinajstić information content (AvgIpc) is 2.39. The van der Waals surface area contributed by atoms with Crippen LogP contribution >= 0.6 is 0 Å². The van der Waals surface area contributed by atoms with Gasteiger partial charge in [-0.05, 0) is 19.4 Å². The molecule has 100 valence electrons. The van der Waals surface area contributed by atoms with E-state index in [1.807, 2.05) is 50.2 Å². The number of anilines is 2. The molecule has 0 bridgehead atoms. The zero-order valence-corrected chi connectivity index (χ0v) is 11.9. The van der Waals surface area contributed by atoms with Crippen LogP contribution in [-0.2, 0) is 0 Å². The average molecular weight is 256 g/mol. The van der Waals surface area contributed by atoms with Crippen molar-refractivity contribution in [3.63, 3.8) is 0 Å². The van der Waals surface area contributed by atoms with Gasteiger partial charge in [-0.1, -0.05) is 30.3 Å². The first kappa shape index (κ1) is 13.3. The van der Waals surface area contributed by atoms with Gasteiger partial charge in [-0.2, -0.15) is 4.98 Å². The quantitative estimate of drug-likeness (QED) is 0.913. The lowest BCUT2D eigenvalue weighted by Crippen LogP contribution is -2.15. The summed E-state index contributed by atoms with van der Waals surface area (Å²) >= 11 is 0. The number of aryl methyl sites for hydroxylation is 1. The minimum atomic E-state index is 0.179. The van der Waals surface area contributed by atoms with Crippen LogP contribution in [0.5, 0.6) is 0 Å². The zero-order valence-electron chi connectivity index (χ0n) is 11.9. The Morgan fingerprint density at radius 2 is 1.79 bits per heavy atom. The van der Waals surface area contributed by atoms with E-state index in [1.54, 1.807) is 0 Å². The van der Waals surface area contributed by atoms with Gasteiger partial charge in [0.15, 0.2) is 0 Å². The summed E-state index contributed by atoms with van der Waals surface area (Å²) in [6.45, 7) is 4.09. The lowest BCUT2D eigenvalue weighted by Gasteiger charge is -2.17. The SMILES string of the molecule is Cc1cc(N(C)C)nc(N[C@H](C)c2ccccc2)n1. The van der Waals surface area contributed by atoms with Crippen molar-refractivity contribution in [2.45, 2.75) is 19.9 Å². The number of hydrogen-bond acceptors (Lipinski definition) is 4. The second kappa shape index (κ2) is 5.69. The highest BCUT2D eigenvalue weighted by molar-refractivity contribution is 5.44. The first-order valence-electron chi connectivity index (χ1n) is 6.41. The lowest BCUT2D eigenvalue weighted by molar-refractivity contribution is 0.854. The minimum absolute atomic E-state index is 0.179. The highest BCUT2D eigenvalue weighted by Gasteiger charge is 2.08. The van der Waals surface area contributed by atoms with Crippen LogP contribution in [0, 0.1) is 6.92 Å². The van der Waals surface area contributed by atoms with Crippen molar-refractivity contribution in [3.05, 3.63) is 47.7 Å². The van der Waals surface area contributed by atoms with Crippen molar-refractivity contribution in [3.8, 4) is 0 Å². The smallest absolute Gasteiger partial charge is 0.225 e. The molecule has 0 spiro atoms. The van der Waals surface area contributed by atoms with E-state index >= 15 is 0 Å². The molecule has 0 unspecified atom stereocenters. The van der Waals surface area contributed by atoms with Crippen LogP contribution in [-0.4, -0.2) is 24.1 Å². The summed E-state index contributed by atoms with van der Waals surface area (Å²) in [5.41, 5.74) is 2.18. The van der Waals surface area contributed by atoms with Gasteiger partial charge in [0.05, 0.1) is 6.04 Å². The number of nitrogens with zero attached hydrogens (tertiary/aromatic N) is 3. The van der Waals surface area contributed by atoms with Crippen LogP contribution in [0.15, 0.2) is 36.4 Å². The Morgan fingerprint density at radius 1 is 1.11 bits per heavy atom. The fraction of sp³-hybridized carbons (Fsp3) is 0.333. The Bertz CT molecular complexity index is 537. The van der Waals surface area contributed by atoms with E-state index in [2.05, 4.69) is 34.3 Å². The topological polar surface area (TPSA) is 41.1 Å². The first-order valence-corrected chi connectivity index (χ1v) is 6.41. The Morgan fingerprint density at radius 3 is 2.42 bits per heavy atom. The minimum Gasteiger partial charge on any atom is -0.363 e. The van der Waals surface area contributed by atoms with Gasteiger partial charge in [-0.25, -0.2) is 4.98 Å². The third kappa shape index (κ3) is 3.44. The van der Waals surface area contributed by atoms with Crippen molar-refractivity contribution >= 4 is 11.8 Å². The molecule has 0 saturated carbocycles. The van der Waals surface area contributed by atoms with Crippen LogP contribution in [0.1, 0.15) is 24.2 Å². The Balaban J connectivity index is 2.19. The van der Waals surface area contributed by atoms with Crippen molar-refractivity contribution in [2.75, 3.05) is 24.3 Å². The zero-order chi connectivity index (χ0) is 13.8. The molecule has 1 heterocycles. The summed E-state index contributed by atoms with van der Waals surface area (Å²) in [5, 5.41) is 3.35. The van der Waals surface area contributed by atoms with Crippen molar-refractivity contribution < 1.29 is 0 Å². The molecular weight excluding hydrogens is 236 g/mol. The van der Waals surface area contributed by atoms with Crippen LogP contribution in [0.2, 0.25) is 0 Å². The monoisotopic (exact) mass is 256 g/mol. The molecule has 0 amide bonds. The molecule has 0 radical (unpaired) electrons. The highest BCUT2D eigenvalue weighted by Crippen LogP contribution is 2.18. The second-order valence-electron chi connectivity index (χ2n) is 4.86. The predicted octanol–water partition coefficient (Wildman–Crippen LogP) is 3.02. The van der Waals surface area contributed by atoms with Crippen LogP contribution < -0.4 is 10.2 Å². The summed E-state index contributed by atoms with van der Waals surface area (Å²) in [7, 11) is 3.96. The molecule has 1 atom stereocenters. The maximum Gasteiger partial charge on any atom is 0.225 e. The summed E-state index contributed by atoms with van der Waals surface area (Å²) in [6.07, 6.45) is 0. The van der Waals surface area contributed by atoms with Crippen molar-refractivity contribution in [1.82, 2.24) is 9.97 Å². The van der Waals surface area contributed by atoms with Crippen molar-refractivity contribution in [2.24, 2.45) is 0 Å². The molecule has 4 heteroatoms. The molecule has 4 nitrogen and oxygen atoms in total. The number of aromatic nitrogens is 2. The van der Waals surface area contributed by atoms with E-state index in [0.717, 1.165) is 11.5 Å². The molecule has 1 N–H and O–H groups in total. The van der Waals surface area contributed by atoms with Crippen LogP contribution in [0.25, 0.3) is 0 Å². The molecule has 0 aliphatic heterocycles. The Hall–Kier alpha value is -2.10. The van der Waals surface area contributed by atoms with E-state index in [0.29, 0.717) is 5.95 Å². The Labute approximate surface area is 114 Å². The molecule has 0 saturated heterocycles. The molecule has 19 heavy (non-hydrogen) atoms. The number of hydrogen-bond donors (Lipinski definition) is 1. The van der Waals surface area contributed by atoms with Gasteiger partial charge in [-0.15, -0.1) is 0 Å². The van der Waals surface area contributed by atoms with E-state index in [9.17, 15) is 0 Å². The summed E-state index contributed by atoms with van der Waals surface area (Å²) < 4.78 is 0. The maximum absolute atomic E-state index is 4.50. The van der Waals surface area contributed by atoms with E-state index in [-0.39, 0.29) is 6.04 Å². The van der Waals surface area contributed by atoms with E-state index < -0.39 is 0 Å². The lowest BCUT2D eigenvalue weighted by atomic mass is 10.1. The first-order chi connectivity index (χ1) is 9.06. The molecule has 1 aromatic heterocycles. The molecule has 1 aromatic carbocycles.